The van der Waals surface area contributed by atoms with Crippen molar-refractivity contribution in [3.05, 3.63) is 0 Å². The molecule has 2 nitrogen and oxygen atoms in total. The molecule has 0 saturated heterocycles. The second kappa shape index (κ2) is 5.93. The van der Waals surface area contributed by atoms with Gasteiger partial charge in [-0.05, 0) is 6.92 Å². The zero-order chi connectivity index (χ0) is 7.11. The summed E-state index contributed by atoms with van der Waals surface area (Å²) in [7, 11) is 0. The summed E-state index contributed by atoms with van der Waals surface area (Å²) >= 11 is 3.17. The quantitative estimate of drug-likeness (QED) is 0.381. The molecule has 0 bridgehead atoms. The van der Waals surface area contributed by atoms with Crippen LogP contribution in [0.2, 0.25) is 0 Å². The Hall–Kier alpha value is -0.200. The average Bonchev–Trinajstić information content (AvgIpc) is 1.88. The molecule has 0 fully saturated rings. The molecular weight excluding hydrogens is 184 g/mol. The maximum absolute atomic E-state index is 5.02. The highest BCUT2D eigenvalue weighted by Gasteiger charge is 2.03. The van der Waals surface area contributed by atoms with Gasteiger partial charge in [0.05, 0.1) is 5.33 Å². The maximum atomic E-state index is 5.02. The summed E-state index contributed by atoms with van der Waals surface area (Å²) in [6.07, 6.45) is 6.61. The predicted molar refractivity (Wildman–Crippen MR) is 39.1 cm³/mol. The molecule has 0 spiro atoms. The molecule has 1 atom stereocenters. The third-order valence-electron chi connectivity index (χ3n) is 0.678. The van der Waals surface area contributed by atoms with Crippen molar-refractivity contribution in [3.63, 3.8) is 0 Å². The molecule has 0 aromatic rings. The van der Waals surface area contributed by atoms with Crippen molar-refractivity contribution in [2.75, 3.05) is 11.9 Å². The Kier molecular flexibility index (Phi) is 5.80. The van der Waals surface area contributed by atoms with Crippen molar-refractivity contribution in [3.8, 4) is 12.5 Å². The highest BCUT2D eigenvalue weighted by Crippen LogP contribution is 1.97. The van der Waals surface area contributed by atoms with E-state index in [0.717, 1.165) is 0 Å². The van der Waals surface area contributed by atoms with E-state index in [1.807, 2.05) is 13.0 Å². The van der Waals surface area contributed by atoms with Crippen LogP contribution in [0.5, 0.6) is 0 Å². The molecule has 9 heavy (non-hydrogen) atoms. The smallest absolute Gasteiger partial charge is 0.220 e. The van der Waals surface area contributed by atoms with Gasteiger partial charge in [-0.1, -0.05) is 22.4 Å². The molecule has 3 heteroatoms. The van der Waals surface area contributed by atoms with Crippen LogP contribution in [-0.2, 0) is 9.47 Å². The van der Waals surface area contributed by atoms with Gasteiger partial charge in [0, 0.05) is 6.61 Å². The molecule has 0 rings (SSSR count). The molecule has 0 aromatic carbocycles. The van der Waals surface area contributed by atoms with Gasteiger partial charge in [-0.2, -0.15) is 0 Å². The molecule has 0 heterocycles. The zero-order valence-corrected chi connectivity index (χ0v) is 6.85. The van der Waals surface area contributed by atoms with Gasteiger partial charge in [0.1, 0.15) is 6.11 Å². The van der Waals surface area contributed by atoms with Crippen LogP contribution in [0.15, 0.2) is 0 Å². The lowest BCUT2D eigenvalue weighted by Gasteiger charge is -2.09. The van der Waals surface area contributed by atoms with Crippen molar-refractivity contribution in [2.45, 2.75) is 13.2 Å². The Labute approximate surface area is 63.7 Å². The molecule has 0 aliphatic carbocycles. The Bertz CT molecular complexity index is 97.7. The second-order valence-electron chi connectivity index (χ2n) is 1.27. The monoisotopic (exact) mass is 192 g/mol. The summed E-state index contributed by atoms with van der Waals surface area (Å²) in [5, 5.41) is 0.602. The van der Waals surface area contributed by atoms with Crippen LogP contribution in [-0.4, -0.2) is 18.2 Å². The highest BCUT2D eigenvalue weighted by molar-refractivity contribution is 9.09. The molecule has 0 amide bonds. The number of alkyl halides is 1. The first-order chi connectivity index (χ1) is 4.35. The van der Waals surface area contributed by atoms with Crippen molar-refractivity contribution in [1.82, 2.24) is 0 Å². The lowest BCUT2D eigenvalue weighted by atomic mass is 10.7. The molecule has 0 aliphatic rings. The lowest BCUT2D eigenvalue weighted by Crippen LogP contribution is -2.15. The summed E-state index contributed by atoms with van der Waals surface area (Å²) in [5.74, 6) is 0. The SMILES string of the molecule is C#COC(CBr)OCC. The first-order valence-electron chi connectivity index (χ1n) is 2.64. The molecule has 0 aromatic heterocycles. The van der Waals surface area contributed by atoms with Gasteiger partial charge in [-0.3, -0.25) is 0 Å². The highest BCUT2D eigenvalue weighted by atomic mass is 79.9. The standard InChI is InChI=1S/C6H9BrO2/c1-3-8-6(5-7)9-4-2/h1,6H,4-5H2,2H3. The fraction of sp³-hybridized carbons (Fsp3) is 0.667. The fourth-order valence-electron chi connectivity index (χ4n) is 0.372. The largest absolute Gasteiger partial charge is 0.414 e. The van der Waals surface area contributed by atoms with Crippen molar-refractivity contribution in [1.29, 1.82) is 0 Å². The maximum Gasteiger partial charge on any atom is 0.220 e. The van der Waals surface area contributed by atoms with Crippen molar-refractivity contribution < 1.29 is 9.47 Å². The van der Waals surface area contributed by atoms with E-state index in [9.17, 15) is 0 Å². The third kappa shape index (κ3) is 4.31. The van der Waals surface area contributed by atoms with Gasteiger partial charge in [-0.25, -0.2) is 0 Å². The minimum atomic E-state index is -0.306. The topological polar surface area (TPSA) is 18.5 Å². The van der Waals surface area contributed by atoms with Crippen LogP contribution in [0.25, 0.3) is 0 Å². The van der Waals surface area contributed by atoms with Crippen LogP contribution in [0.4, 0.5) is 0 Å². The predicted octanol–water partition coefficient (Wildman–Crippen LogP) is 1.35. The molecule has 52 valence electrons. The third-order valence-corrected chi connectivity index (χ3v) is 1.21. The molecule has 1 unspecified atom stereocenters. The van der Waals surface area contributed by atoms with Crippen LogP contribution in [0.1, 0.15) is 6.92 Å². The van der Waals surface area contributed by atoms with Gasteiger partial charge in [0.25, 0.3) is 0 Å². The Balaban J connectivity index is 3.32. The van der Waals surface area contributed by atoms with Crippen LogP contribution < -0.4 is 0 Å². The number of terminal acetylenes is 1. The number of halogens is 1. The molecule has 0 aliphatic heterocycles. The van der Waals surface area contributed by atoms with E-state index < -0.39 is 0 Å². The van der Waals surface area contributed by atoms with Gasteiger partial charge < -0.3 is 9.47 Å². The molecule has 0 N–H and O–H groups in total. The first kappa shape index (κ1) is 8.80. The first-order valence-corrected chi connectivity index (χ1v) is 3.76. The summed E-state index contributed by atoms with van der Waals surface area (Å²) in [6.45, 7) is 2.49. The molecular formula is C6H9BrO2. The van der Waals surface area contributed by atoms with E-state index in [1.165, 1.54) is 0 Å². The Morgan fingerprint density at radius 1 is 1.78 bits per heavy atom. The van der Waals surface area contributed by atoms with Gasteiger partial charge in [0.2, 0.25) is 6.29 Å². The van der Waals surface area contributed by atoms with E-state index in [4.69, 9.17) is 15.9 Å². The van der Waals surface area contributed by atoms with E-state index in [-0.39, 0.29) is 6.29 Å². The van der Waals surface area contributed by atoms with E-state index >= 15 is 0 Å². The summed E-state index contributed by atoms with van der Waals surface area (Å²) in [5.41, 5.74) is 0. The van der Waals surface area contributed by atoms with E-state index in [0.29, 0.717) is 11.9 Å². The number of hydrogen-bond donors (Lipinski definition) is 0. The summed E-state index contributed by atoms with van der Waals surface area (Å²) in [6, 6.07) is 0. The lowest BCUT2D eigenvalue weighted by molar-refractivity contribution is -0.0747. The minimum absolute atomic E-state index is 0.306. The average molecular weight is 193 g/mol. The van der Waals surface area contributed by atoms with Crippen LogP contribution >= 0.6 is 15.9 Å². The molecule has 0 saturated carbocycles. The van der Waals surface area contributed by atoms with Gasteiger partial charge in [-0.15, -0.1) is 0 Å². The fourth-order valence-corrected chi connectivity index (χ4v) is 0.691. The van der Waals surface area contributed by atoms with Crippen molar-refractivity contribution >= 4 is 15.9 Å². The van der Waals surface area contributed by atoms with E-state index in [2.05, 4.69) is 15.9 Å². The van der Waals surface area contributed by atoms with Crippen LogP contribution in [0, 0.1) is 12.5 Å². The van der Waals surface area contributed by atoms with Crippen molar-refractivity contribution in [2.24, 2.45) is 0 Å². The Morgan fingerprint density at radius 3 is 2.78 bits per heavy atom. The molecule has 0 radical (unpaired) electrons. The summed E-state index contributed by atoms with van der Waals surface area (Å²) in [4.78, 5) is 0. The number of ether oxygens (including phenoxy) is 2. The number of rotatable bonds is 4. The van der Waals surface area contributed by atoms with Gasteiger partial charge >= 0.3 is 0 Å². The summed E-state index contributed by atoms with van der Waals surface area (Å²) < 4.78 is 9.71. The van der Waals surface area contributed by atoms with Gasteiger partial charge in [0.15, 0.2) is 0 Å². The number of hydrogen-bond acceptors (Lipinski definition) is 2. The van der Waals surface area contributed by atoms with E-state index in [1.54, 1.807) is 0 Å². The van der Waals surface area contributed by atoms with Crippen LogP contribution in [0.3, 0.4) is 0 Å². The minimum Gasteiger partial charge on any atom is -0.414 e. The Morgan fingerprint density at radius 2 is 2.44 bits per heavy atom. The zero-order valence-electron chi connectivity index (χ0n) is 5.26. The second-order valence-corrected chi connectivity index (χ2v) is 1.92. The normalized spacial score (nSPS) is 12.1.